The number of methoxy groups -OCH3 is 1. The lowest BCUT2D eigenvalue weighted by Gasteiger charge is -2.20. The molecule has 0 saturated heterocycles. The second-order valence-corrected chi connectivity index (χ2v) is 7.18. The topological polar surface area (TPSA) is 51.2 Å². The lowest BCUT2D eigenvalue weighted by Crippen LogP contribution is -2.35. The van der Waals surface area contributed by atoms with Crippen molar-refractivity contribution in [1.29, 1.82) is 0 Å². The number of thiazole rings is 1. The lowest BCUT2D eigenvalue weighted by atomic mass is 9.90. The van der Waals surface area contributed by atoms with Crippen LogP contribution in [0.5, 0.6) is 5.75 Å². The number of hydrogen-bond acceptors (Lipinski definition) is 4. The van der Waals surface area contributed by atoms with Crippen molar-refractivity contribution in [1.82, 2.24) is 10.3 Å². The molecule has 1 aliphatic carbocycles. The number of benzene rings is 1. The quantitative estimate of drug-likeness (QED) is 0.917. The van der Waals surface area contributed by atoms with E-state index in [0.29, 0.717) is 6.54 Å². The highest BCUT2D eigenvalue weighted by molar-refractivity contribution is 7.11. The van der Waals surface area contributed by atoms with Gasteiger partial charge in [-0.3, -0.25) is 4.79 Å². The Hall–Kier alpha value is -1.88. The van der Waals surface area contributed by atoms with E-state index in [4.69, 9.17) is 4.74 Å². The zero-order valence-corrected chi connectivity index (χ0v) is 14.4. The normalized spacial score (nSPS) is 16.7. The van der Waals surface area contributed by atoms with E-state index in [9.17, 15) is 4.79 Å². The number of fused-ring (bicyclic) bond motifs is 1. The number of amides is 1. The standard InChI is InChI=1S/C18H22N2O2S/c1-12-20-15-8-7-14(11-17(15)23-12)18(21)19-10-9-13-5-3-4-6-16(13)22-2/h3-6,14H,7-11H2,1-2H3,(H,19,21). The van der Waals surface area contributed by atoms with Crippen LogP contribution in [0.1, 0.15) is 27.6 Å². The highest BCUT2D eigenvalue weighted by Gasteiger charge is 2.26. The van der Waals surface area contributed by atoms with E-state index in [0.717, 1.165) is 42.0 Å². The molecule has 122 valence electrons. The second kappa shape index (κ2) is 7.13. The van der Waals surface area contributed by atoms with Crippen molar-refractivity contribution in [2.45, 2.75) is 32.6 Å². The summed E-state index contributed by atoms with van der Waals surface area (Å²) in [5.74, 6) is 1.13. The van der Waals surface area contributed by atoms with Crippen molar-refractivity contribution in [2.75, 3.05) is 13.7 Å². The smallest absolute Gasteiger partial charge is 0.223 e. The van der Waals surface area contributed by atoms with Gasteiger partial charge in [-0.2, -0.15) is 0 Å². The van der Waals surface area contributed by atoms with Crippen molar-refractivity contribution in [3.05, 3.63) is 45.4 Å². The largest absolute Gasteiger partial charge is 0.496 e. The molecular weight excluding hydrogens is 308 g/mol. The number of ether oxygens (including phenoxy) is 1. The summed E-state index contributed by atoms with van der Waals surface area (Å²) in [6, 6.07) is 7.94. The number of nitrogens with one attached hydrogen (secondary N) is 1. The van der Waals surface area contributed by atoms with Crippen LogP contribution in [-0.2, 0) is 24.1 Å². The number of hydrogen-bond donors (Lipinski definition) is 1. The average Bonchev–Trinajstić information content (AvgIpc) is 2.94. The van der Waals surface area contributed by atoms with E-state index in [2.05, 4.69) is 10.3 Å². The molecule has 1 heterocycles. The molecule has 1 amide bonds. The van der Waals surface area contributed by atoms with E-state index in [1.165, 1.54) is 10.6 Å². The van der Waals surface area contributed by atoms with Crippen LogP contribution in [0.4, 0.5) is 0 Å². The van der Waals surface area contributed by atoms with E-state index in [1.54, 1.807) is 18.4 Å². The molecule has 0 saturated carbocycles. The van der Waals surface area contributed by atoms with Gasteiger partial charge in [0.2, 0.25) is 5.91 Å². The van der Waals surface area contributed by atoms with Gasteiger partial charge in [-0.25, -0.2) is 4.98 Å². The second-order valence-electron chi connectivity index (χ2n) is 5.90. The predicted molar refractivity (Wildman–Crippen MR) is 92.1 cm³/mol. The number of carbonyl (C=O) groups excluding carboxylic acids is 1. The van der Waals surface area contributed by atoms with Crippen LogP contribution in [0, 0.1) is 12.8 Å². The van der Waals surface area contributed by atoms with Gasteiger partial charge in [0.15, 0.2) is 0 Å². The molecule has 1 aromatic heterocycles. The monoisotopic (exact) mass is 330 g/mol. The summed E-state index contributed by atoms with van der Waals surface area (Å²) in [6.45, 7) is 2.68. The first-order valence-electron chi connectivity index (χ1n) is 8.02. The van der Waals surface area contributed by atoms with Gasteiger partial charge in [0.25, 0.3) is 0 Å². The van der Waals surface area contributed by atoms with Crippen LogP contribution < -0.4 is 10.1 Å². The summed E-state index contributed by atoms with van der Waals surface area (Å²) < 4.78 is 5.34. The number of aryl methyl sites for hydroxylation is 2. The molecular formula is C18H22N2O2S. The zero-order valence-electron chi connectivity index (χ0n) is 13.6. The van der Waals surface area contributed by atoms with Gasteiger partial charge in [0.1, 0.15) is 5.75 Å². The SMILES string of the molecule is COc1ccccc1CCNC(=O)C1CCc2nc(C)sc2C1. The van der Waals surface area contributed by atoms with Crippen LogP contribution in [0.25, 0.3) is 0 Å². The van der Waals surface area contributed by atoms with Gasteiger partial charge >= 0.3 is 0 Å². The number of nitrogens with zero attached hydrogens (tertiary/aromatic N) is 1. The third kappa shape index (κ3) is 3.72. The molecule has 0 fully saturated rings. The maximum Gasteiger partial charge on any atom is 0.223 e. The Morgan fingerprint density at radius 1 is 1.43 bits per heavy atom. The number of carbonyl (C=O) groups is 1. The van der Waals surface area contributed by atoms with E-state index in [1.807, 2.05) is 31.2 Å². The third-order valence-electron chi connectivity index (χ3n) is 4.30. The fourth-order valence-corrected chi connectivity index (χ4v) is 4.16. The molecule has 1 aromatic carbocycles. The third-order valence-corrected chi connectivity index (χ3v) is 5.34. The highest BCUT2D eigenvalue weighted by atomic mass is 32.1. The first-order chi connectivity index (χ1) is 11.2. The van der Waals surface area contributed by atoms with Crippen LogP contribution in [0.3, 0.4) is 0 Å². The Labute approximate surface area is 140 Å². The molecule has 1 atom stereocenters. The molecule has 1 unspecified atom stereocenters. The first-order valence-corrected chi connectivity index (χ1v) is 8.84. The van der Waals surface area contributed by atoms with Crippen molar-refractivity contribution < 1.29 is 9.53 Å². The Morgan fingerprint density at radius 3 is 3.09 bits per heavy atom. The minimum absolute atomic E-state index is 0.0834. The van der Waals surface area contributed by atoms with E-state index >= 15 is 0 Å². The molecule has 1 aliphatic rings. The predicted octanol–water partition coefficient (Wildman–Crippen LogP) is 2.92. The summed E-state index contributed by atoms with van der Waals surface area (Å²) in [7, 11) is 1.67. The van der Waals surface area contributed by atoms with E-state index in [-0.39, 0.29) is 11.8 Å². The van der Waals surface area contributed by atoms with Crippen molar-refractivity contribution >= 4 is 17.2 Å². The maximum absolute atomic E-state index is 12.4. The fraction of sp³-hybridized carbons (Fsp3) is 0.444. The molecule has 4 nitrogen and oxygen atoms in total. The zero-order chi connectivity index (χ0) is 16.2. The van der Waals surface area contributed by atoms with Crippen molar-refractivity contribution in [2.24, 2.45) is 5.92 Å². The van der Waals surface area contributed by atoms with Gasteiger partial charge in [0.05, 0.1) is 17.8 Å². The molecule has 5 heteroatoms. The summed E-state index contributed by atoms with van der Waals surface area (Å²) in [4.78, 5) is 18.2. The summed E-state index contributed by atoms with van der Waals surface area (Å²) in [5, 5.41) is 4.18. The number of para-hydroxylation sites is 1. The van der Waals surface area contributed by atoms with Gasteiger partial charge in [-0.15, -0.1) is 11.3 Å². The van der Waals surface area contributed by atoms with Crippen LogP contribution >= 0.6 is 11.3 Å². The molecule has 0 aliphatic heterocycles. The maximum atomic E-state index is 12.4. The fourth-order valence-electron chi connectivity index (χ4n) is 3.10. The van der Waals surface area contributed by atoms with Crippen LogP contribution in [0.15, 0.2) is 24.3 Å². The average molecular weight is 330 g/mol. The minimum Gasteiger partial charge on any atom is -0.496 e. The van der Waals surface area contributed by atoms with Crippen molar-refractivity contribution in [3.8, 4) is 5.75 Å². The number of rotatable bonds is 5. The van der Waals surface area contributed by atoms with Crippen LogP contribution in [0.2, 0.25) is 0 Å². The van der Waals surface area contributed by atoms with Crippen molar-refractivity contribution in [3.63, 3.8) is 0 Å². The number of aromatic nitrogens is 1. The molecule has 0 radical (unpaired) electrons. The molecule has 0 spiro atoms. The van der Waals surface area contributed by atoms with Gasteiger partial charge in [-0.1, -0.05) is 18.2 Å². The molecule has 0 bridgehead atoms. The van der Waals surface area contributed by atoms with Crippen LogP contribution in [-0.4, -0.2) is 24.5 Å². The molecule has 23 heavy (non-hydrogen) atoms. The van der Waals surface area contributed by atoms with Gasteiger partial charge in [0, 0.05) is 17.3 Å². The molecule has 2 aromatic rings. The lowest BCUT2D eigenvalue weighted by molar-refractivity contribution is -0.125. The molecule has 1 N–H and O–H groups in total. The van der Waals surface area contributed by atoms with Gasteiger partial charge < -0.3 is 10.1 Å². The summed E-state index contributed by atoms with van der Waals surface area (Å²) in [6.07, 6.45) is 3.44. The minimum atomic E-state index is 0.0834. The Morgan fingerprint density at radius 2 is 2.26 bits per heavy atom. The Kier molecular flexibility index (Phi) is 4.96. The summed E-state index contributed by atoms with van der Waals surface area (Å²) in [5.41, 5.74) is 2.32. The van der Waals surface area contributed by atoms with E-state index < -0.39 is 0 Å². The highest BCUT2D eigenvalue weighted by Crippen LogP contribution is 2.29. The van der Waals surface area contributed by atoms with Gasteiger partial charge in [-0.05, 0) is 44.2 Å². The Balaban J connectivity index is 1.52. The molecule has 3 rings (SSSR count). The Bertz CT molecular complexity index is 696. The summed E-state index contributed by atoms with van der Waals surface area (Å²) >= 11 is 1.73. The first kappa shape index (κ1) is 16.0.